The number of carbonyl (C=O) groups is 1. The van der Waals surface area contributed by atoms with Crippen LogP contribution in [0.3, 0.4) is 0 Å². The number of amides is 1. The maximum Gasteiger partial charge on any atom is 0.292 e. The third-order valence-electron chi connectivity index (χ3n) is 7.58. The number of para-hydroxylation sites is 4. The van der Waals surface area contributed by atoms with Crippen molar-refractivity contribution in [1.29, 1.82) is 0 Å². The van der Waals surface area contributed by atoms with E-state index in [-0.39, 0.29) is 62.5 Å². The van der Waals surface area contributed by atoms with Crippen LogP contribution in [0.1, 0.15) is 32.1 Å². The van der Waals surface area contributed by atoms with Gasteiger partial charge in [-0.3, -0.25) is 14.9 Å². The van der Waals surface area contributed by atoms with Gasteiger partial charge < -0.3 is 29.3 Å². The van der Waals surface area contributed by atoms with E-state index in [0.29, 0.717) is 11.4 Å². The maximum absolute atomic E-state index is 13.6. The van der Waals surface area contributed by atoms with Crippen LogP contribution in [0.4, 0.5) is 17.1 Å². The minimum atomic E-state index is -0.638. The zero-order chi connectivity index (χ0) is 25.8. The lowest BCUT2D eigenvalue weighted by Crippen LogP contribution is -2.64. The molecule has 1 aliphatic heterocycles. The van der Waals surface area contributed by atoms with Crippen molar-refractivity contribution in [2.75, 3.05) is 51.3 Å². The molecule has 0 aromatic heterocycles. The summed E-state index contributed by atoms with van der Waals surface area (Å²) in [5.41, 5.74) is 0.578. The van der Waals surface area contributed by atoms with Crippen molar-refractivity contribution in [2.45, 2.75) is 32.1 Å². The molecule has 0 spiro atoms. The molecule has 1 heterocycles. The highest BCUT2D eigenvalue weighted by Crippen LogP contribution is 2.36. The molecule has 1 saturated carbocycles. The fourth-order valence-corrected chi connectivity index (χ4v) is 5.39. The van der Waals surface area contributed by atoms with Crippen LogP contribution in [0.2, 0.25) is 0 Å². The average Bonchev–Trinajstić information content (AvgIpc) is 2.91. The molecule has 4 rings (SSSR count). The highest BCUT2D eigenvalue weighted by molar-refractivity contribution is 5.97. The number of nitro benzene ring substituents is 1. The van der Waals surface area contributed by atoms with E-state index >= 15 is 0 Å². The first kappa shape index (κ1) is 26.0. The number of nitrogens with zero attached hydrogens (tertiary/aromatic N) is 4. The van der Waals surface area contributed by atoms with Crippen LogP contribution in [0.15, 0.2) is 48.5 Å². The topological polar surface area (TPSA) is 119 Å². The van der Waals surface area contributed by atoms with Gasteiger partial charge in [-0.1, -0.05) is 43.5 Å². The quantitative estimate of drug-likeness (QED) is 0.231. The molecule has 1 aliphatic carbocycles. The lowest BCUT2D eigenvalue weighted by Gasteiger charge is -2.54. The summed E-state index contributed by atoms with van der Waals surface area (Å²) in [4.78, 5) is 26.2. The van der Waals surface area contributed by atoms with Gasteiger partial charge in [-0.25, -0.2) is 0 Å². The van der Waals surface area contributed by atoms with Crippen molar-refractivity contribution in [3.8, 4) is 5.75 Å². The number of carbonyl (C=O) groups excluding carboxylic acids is 1. The van der Waals surface area contributed by atoms with Crippen LogP contribution in [0.5, 0.6) is 5.75 Å². The second kappa shape index (κ2) is 10.9. The molecule has 10 heteroatoms. The zero-order valence-electron chi connectivity index (χ0n) is 20.7. The van der Waals surface area contributed by atoms with Crippen LogP contribution in [0.25, 0.3) is 0 Å². The fraction of sp³-hybridized carbons (Fsp3) is 0.500. The van der Waals surface area contributed by atoms with E-state index in [1.807, 2.05) is 0 Å². The first-order valence-corrected chi connectivity index (χ1v) is 12.6. The third-order valence-corrected chi connectivity index (χ3v) is 7.58. The Morgan fingerprint density at radius 3 is 2.31 bits per heavy atom. The second-order valence-corrected chi connectivity index (χ2v) is 9.81. The second-order valence-electron chi connectivity index (χ2n) is 9.81. The molecule has 0 unspecified atom stereocenters. The van der Waals surface area contributed by atoms with Gasteiger partial charge in [0.05, 0.1) is 25.1 Å². The Kier molecular flexibility index (Phi) is 7.89. The Hall–Kier alpha value is -3.05. The lowest BCUT2D eigenvalue weighted by atomic mass is 9.88. The molecular formula is C26H34N4O6. The summed E-state index contributed by atoms with van der Waals surface area (Å²) in [5, 5.41) is 38.9. The molecule has 2 aliphatic rings. The van der Waals surface area contributed by atoms with Crippen LogP contribution in [-0.4, -0.2) is 61.9 Å². The smallest absolute Gasteiger partial charge is 0.292 e. The predicted molar refractivity (Wildman–Crippen MR) is 138 cm³/mol. The molecule has 2 aromatic rings. The van der Waals surface area contributed by atoms with Gasteiger partial charge >= 0.3 is 0 Å². The average molecular weight is 499 g/mol. The van der Waals surface area contributed by atoms with Gasteiger partial charge in [-0.15, -0.1) is 0 Å². The minimum absolute atomic E-state index is 0.0659. The number of quaternary nitrogens is 2. The number of hydrogen-bond donors (Lipinski definition) is 0. The fourth-order valence-electron chi connectivity index (χ4n) is 5.39. The molecule has 2 fully saturated rings. The van der Waals surface area contributed by atoms with Gasteiger partial charge in [-0.05, 0) is 25.0 Å². The lowest BCUT2D eigenvalue weighted by molar-refractivity contribution is -0.882. The molecule has 36 heavy (non-hydrogen) atoms. The van der Waals surface area contributed by atoms with Crippen molar-refractivity contribution in [3.63, 3.8) is 0 Å². The Morgan fingerprint density at radius 1 is 1.00 bits per heavy atom. The number of ether oxygens (including phenoxy) is 1. The van der Waals surface area contributed by atoms with E-state index < -0.39 is 14.2 Å². The standard InChI is InChI=1S/C26H34N4O6/c1-36-25-14-8-7-13-24(25)30(35)19-17-29(34,18-20-30)16-15-27(26(31)21-9-3-2-4-10-21)22-11-5-6-12-23(22)28(32)33/h5-8,11-14,21H,2-4,9-10,15-20H2,1H3. The molecule has 0 bridgehead atoms. The van der Waals surface area contributed by atoms with Crippen LogP contribution in [0, 0.1) is 26.4 Å². The van der Waals surface area contributed by atoms with E-state index in [1.165, 1.54) is 18.1 Å². The Labute approximate surface area is 211 Å². The van der Waals surface area contributed by atoms with Crippen LogP contribution < -0.4 is 14.3 Å². The molecular weight excluding hydrogens is 464 g/mol. The summed E-state index contributed by atoms with van der Waals surface area (Å²) in [6, 6.07) is 13.3. The molecule has 1 amide bonds. The molecule has 10 nitrogen and oxygen atoms in total. The molecule has 0 radical (unpaired) electrons. The molecule has 1 saturated heterocycles. The third kappa shape index (κ3) is 5.52. The van der Waals surface area contributed by atoms with Crippen molar-refractivity contribution in [3.05, 3.63) is 69.1 Å². The highest BCUT2D eigenvalue weighted by atomic mass is 16.6. The van der Waals surface area contributed by atoms with Crippen molar-refractivity contribution >= 4 is 23.0 Å². The maximum atomic E-state index is 13.6. The first-order chi connectivity index (χ1) is 17.3. The molecule has 2 aromatic carbocycles. The number of hydroxylamine groups is 5. The number of benzene rings is 2. The van der Waals surface area contributed by atoms with E-state index in [4.69, 9.17) is 4.74 Å². The summed E-state index contributed by atoms with van der Waals surface area (Å²) >= 11 is 0. The van der Waals surface area contributed by atoms with E-state index in [9.17, 15) is 25.3 Å². The molecule has 0 N–H and O–H groups in total. The van der Waals surface area contributed by atoms with Gasteiger partial charge in [0.1, 0.15) is 31.9 Å². The normalized spacial score (nSPS) is 24.8. The van der Waals surface area contributed by atoms with Gasteiger partial charge in [0.2, 0.25) is 5.91 Å². The van der Waals surface area contributed by atoms with Gasteiger partial charge in [-0.2, -0.15) is 0 Å². The van der Waals surface area contributed by atoms with Crippen LogP contribution in [-0.2, 0) is 4.79 Å². The van der Waals surface area contributed by atoms with E-state index in [2.05, 4.69) is 0 Å². The summed E-state index contributed by atoms with van der Waals surface area (Å²) in [7, 11) is 1.52. The van der Waals surface area contributed by atoms with Gasteiger partial charge in [0, 0.05) is 18.1 Å². The highest BCUT2D eigenvalue weighted by Gasteiger charge is 2.37. The summed E-state index contributed by atoms with van der Waals surface area (Å²) in [6.45, 7) is 0.485. The van der Waals surface area contributed by atoms with Crippen molar-refractivity contribution < 1.29 is 19.1 Å². The summed E-state index contributed by atoms with van der Waals surface area (Å²) < 4.78 is 4.10. The Morgan fingerprint density at radius 2 is 1.64 bits per heavy atom. The summed E-state index contributed by atoms with van der Waals surface area (Å²) in [5.74, 6) is 0.145. The first-order valence-electron chi connectivity index (χ1n) is 12.6. The SMILES string of the molecule is COc1ccccc1[N+]1([O-])CC[N+]([O-])(CCN(C(=O)C2CCCCC2)c2ccccc2[N+](=O)[O-])CC1. The van der Waals surface area contributed by atoms with Crippen molar-refractivity contribution in [2.24, 2.45) is 5.92 Å². The zero-order valence-corrected chi connectivity index (χ0v) is 20.7. The number of piperazine rings is 1. The summed E-state index contributed by atoms with van der Waals surface area (Å²) in [6.07, 6.45) is 4.49. The number of anilines is 1. The molecule has 194 valence electrons. The molecule has 0 atom stereocenters. The Balaban J connectivity index is 1.51. The van der Waals surface area contributed by atoms with Gasteiger partial charge in [0.25, 0.3) is 5.69 Å². The van der Waals surface area contributed by atoms with Gasteiger partial charge in [0.15, 0.2) is 11.4 Å². The number of hydrogen-bond acceptors (Lipinski definition) is 6. The van der Waals surface area contributed by atoms with Crippen molar-refractivity contribution in [1.82, 2.24) is 4.65 Å². The monoisotopic (exact) mass is 498 g/mol. The minimum Gasteiger partial charge on any atom is -0.632 e. The van der Waals surface area contributed by atoms with E-state index in [1.54, 1.807) is 42.5 Å². The predicted octanol–water partition coefficient (Wildman–Crippen LogP) is 4.35. The van der Waals surface area contributed by atoms with Crippen LogP contribution >= 0.6 is 0 Å². The Bertz CT molecular complexity index is 1080. The number of rotatable bonds is 8. The largest absolute Gasteiger partial charge is 0.632 e. The number of methoxy groups -OCH3 is 1. The number of nitro groups is 1. The van der Waals surface area contributed by atoms with E-state index in [0.717, 1.165) is 32.1 Å².